The lowest BCUT2D eigenvalue weighted by Crippen LogP contribution is -2.61. The number of guanidine groups is 1. The number of nitrogens with zero attached hydrogens (tertiary/aromatic N) is 1. The Hall–Kier alpha value is -11.6. The first-order valence-corrected chi connectivity index (χ1v) is 37.8. The number of benzene rings is 2. The van der Waals surface area contributed by atoms with Gasteiger partial charge in [-0.3, -0.25) is 77.3 Å². The van der Waals surface area contributed by atoms with Gasteiger partial charge in [0, 0.05) is 87.4 Å². The number of H-pyrrole nitrogens is 2. The Morgan fingerprint density at radius 2 is 1.21 bits per heavy atom. The summed E-state index contributed by atoms with van der Waals surface area (Å²) >= 11 is 0. The van der Waals surface area contributed by atoms with Crippen LogP contribution in [0.25, 0.3) is 10.9 Å². The molecule has 5 rings (SSSR count). The molecule has 0 aliphatic carbocycles. The molecule has 4 aromatic rings. The second kappa shape index (κ2) is 45.3. The third-order valence-corrected chi connectivity index (χ3v) is 18.4. The number of aromatic amines is 2. The van der Waals surface area contributed by atoms with Gasteiger partial charge in [-0.25, -0.2) is 13.4 Å². The van der Waals surface area contributed by atoms with Crippen LogP contribution in [0.1, 0.15) is 114 Å². The number of carbonyl (C=O) groups is 15. The summed E-state index contributed by atoms with van der Waals surface area (Å²) in [5, 5.41) is 63.9. The number of amides is 15. The van der Waals surface area contributed by atoms with Crippen molar-refractivity contribution in [2.75, 3.05) is 44.9 Å². The average molecular weight is 1560 g/mol. The van der Waals surface area contributed by atoms with Crippen LogP contribution >= 0.6 is 0 Å². The number of nitrogens with two attached hydrogens (primary N) is 3. The predicted octanol–water partition coefficient (Wildman–Crippen LogP) is -6.91. The van der Waals surface area contributed by atoms with E-state index in [9.17, 15) is 90.5 Å². The minimum absolute atomic E-state index is 0.0202. The van der Waals surface area contributed by atoms with Crippen molar-refractivity contribution < 1.29 is 90.5 Å². The summed E-state index contributed by atoms with van der Waals surface area (Å²) in [4.78, 5) is 217. The molecule has 2 aromatic heterocycles. The van der Waals surface area contributed by atoms with Crippen LogP contribution in [0.4, 0.5) is 0 Å². The Morgan fingerprint density at radius 3 is 1.83 bits per heavy atom. The average Bonchev–Trinajstić information content (AvgIpc) is 1.67. The fourth-order valence-electron chi connectivity index (χ4n) is 11.4. The number of carbonyl (C=O) groups excluding carboxylic acids is 15. The fraction of sp³-hybridized carbons (Fsp3) is 0.522. The third-order valence-electron chi connectivity index (χ3n) is 17.4. The van der Waals surface area contributed by atoms with E-state index in [1.165, 1.54) is 12.5 Å². The van der Waals surface area contributed by atoms with Gasteiger partial charge in [0.05, 0.1) is 31.8 Å². The maximum absolute atomic E-state index is 14.9. The maximum Gasteiger partial charge on any atom is 0.245 e. The smallest absolute Gasteiger partial charge is 0.245 e. The minimum Gasteiger partial charge on any atom is -0.394 e. The number of primary amides is 2. The van der Waals surface area contributed by atoms with Gasteiger partial charge in [0.2, 0.25) is 88.6 Å². The van der Waals surface area contributed by atoms with Crippen molar-refractivity contribution >= 4 is 115 Å². The quantitative estimate of drug-likeness (QED) is 0.0116. The summed E-state index contributed by atoms with van der Waals surface area (Å²) in [6.07, 6.45) is 1.97. The van der Waals surface area contributed by atoms with Crippen LogP contribution in [0.3, 0.4) is 0 Å². The van der Waals surface area contributed by atoms with E-state index in [4.69, 9.17) is 22.6 Å². The number of aromatic nitrogens is 3. The lowest BCUT2D eigenvalue weighted by Gasteiger charge is -2.28. The number of unbranched alkanes of at least 4 members (excludes halogenated alkanes) is 1. The zero-order chi connectivity index (χ0) is 81.0. The van der Waals surface area contributed by atoms with Gasteiger partial charge in [-0.15, -0.1) is 0 Å². The lowest BCUT2D eigenvalue weighted by atomic mass is 10.0. The van der Waals surface area contributed by atoms with E-state index >= 15 is 0 Å². The van der Waals surface area contributed by atoms with Crippen molar-refractivity contribution in [3.05, 3.63) is 90.1 Å². The van der Waals surface area contributed by atoms with Gasteiger partial charge in [0.15, 0.2) is 5.96 Å². The van der Waals surface area contributed by atoms with Gasteiger partial charge in [-0.05, 0) is 75.0 Å². The number of para-hydroxylation sites is 1. The van der Waals surface area contributed by atoms with Crippen molar-refractivity contribution in [3.8, 4) is 0 Å². The van der Waals surface area contributed by atoms with Crippen LogP contribution in [0, 0.1) is 5.41 Å². The molecule has 15 amide bonds. The molecule has 0 spiro atoms. The minimum atomic E-state index is -3.96. The van der Waals surface area contributed by atoms with Crippen molar-refractivity contribution in [2.24, 2.45) is 17.2 Å². The number of hydrogen-bond donors (Lipinski definition) is 22. The molecule has 40 nitrogen and oxygen atoms in total. The highest BCUT2D eigenvalue weighted by Crippen LogP contribution is 2.20. The van der Waals surface area contributed by atoms with Gasteiger partial charge < -0.3 is 112 Å². The van der Waals surface area contributed by atoms with E-state index in [0.717, 1.165) is 13.2 Å². The van der Waals surface area contributed by atoms with Crippen LogP contribution < -0.4 is 91.6 Å². The van der Waals surface area contributed by atoms with Crippen molar-refractivity contribution in [1.29, 1.82) is 5.41 Å². The molecule has 2 aromatic carbocycles. The molecule has 0 unspecified atom stereocenters. The molecule has 602 valence electrons. The van der Waals surface area contributed by atoms with Gasteiger partial charge >= 0.3 is 0 Å². The first kappa shape index (κ1) is 89.0. The van der Waals surface area contributed by atoms with Gasteiger partial charge in [-0.1, -0.05) is 68.3 Å². The highest BCUT2D eigenvalue weighted by atomic mass is 32.2. The number of aliphatic hydroxyl groups excluding tert-OH is 2. The Kier molecular flexibility index (Phi) is 36.6. The molecule has 1 aliphatic heterocycles. The highest BCUT2D eigenvalue weighted by Gasteiger charge is 2.38. The first-order chi connectivity index (χ1) is 52.3. The lowest BCUT2D eigenvalue weighted by molar-refractivity contribution is -0.137. The highest BCUT2D eigenvalue weighted by molar-refractivity contribution is 7.90. The van der Waals surface area contributed by atoms with Gasteiger partial charge in [0.1, 0.15) is 76.3 Å². The molecule has 110 heavy (non-hydrogen) atoms. The molecule has 25 N–H and O–H groups in total. The van der Waals surface area contributed by atoms with Crippen LogP contribution in [-0.2, 0) is 101 Å². The summed E-state index contributed by atoms with van der Waals surface area (Å²) in [7, 11) is -3.96. The molecule has 1 aliphatic rings. The summed E-state index contributed by atoms with van der Waals surface area (Å²) in [5.41, 5.74) is 18.7. The number of aliphatic hydroxyl groups is 2. The van der Waals surface area contributed by atoms with E-state index in [0.29, 0.717) is 28.5 Å². The predicted molar refractivity (Wildman–Crippen MR) is 395 cm³/mol. The van der Waals surface area contributed by atoms with Crippen LogP contribution in [-0.4, -0.2) is 239 Å². The van der Waals surface area contributed by atoms with Crippen LogP contribution in [0.5, 0.6) is 0 Å². The topological polar surface area (TPSA) is 645 Å². The molecule has 3 heterocycles. The monoisotopic (exact) mass is 1560 g/mol. The summed E-state index contributed by atoms with van der Waals surface area (Å²) in [6.45, 7) is 0.0676. The standard InChI is InChI=1S/C69H101N21O19S/c1-4-5-17-45(83-68(107)54(36-92)90-66(105)52(31-41-33-74-37-79-41)89-62(101)47(21-23-55(70)94)85-67(106)53(35-91)80-57(96)34-77-38(2)93)59(98)84-48-22-24-56(95)75-26-12-11-19-44(58(71)97)81-65(104)51(30-40-32-78-43-18-10-9-16-42(40)43)88-60(99)46(20-13-27-76-69(72)73)82-64(103)50(29-39-14-7-6-8-15-39)87-63(102)49(86-61(48)100)25-28-110(3,108)109/h6-10,14-16,18,32-33,37,44-54,78,91-92H,4-5,11-13,17,19-31,34-36H2,1-3H3,(H2,70,94)(H2,71,97)(H,74,79)(H,75,95)(H,77,93)(H,80,96)(H,81,104)(H,82,103)(H,83,107)(H,84,98)(H,85,106)(H,86,100)(H,87,102)(H,88,99)(H,89,101)(H,90,105)(H4,72,73,76)/t44-,45-,46-,47-,48-,49-,50+,51-,52-,53-,54-/m0/s1. The Balaban J connectivity index is 1.48. The Labute approximate surface area is 633 Å². The second-order valence-electron chi connectivity index (χ2n) is 26.4. The fourth-order valence-corrected chi connectivity index (χ4v) is 12.1. The normalized spacial score (nSPS) is 19.3. The van der Waals surface area contributed by atoms with E-state index < -0.39 is 235 Å². The van der Waals surface area contributed by atoms with E-state index in [-0.39, 0.29) is 76.6 Å². The molecule has 0 saturated carbocycles. The molecular formula is C69H101N21O19S. The molecular weight excluding hydrogens is 1460 g/mol. The molecule has 1 fully saturated rings. The molecule has 41 heteroatoms. The van der Waals surface area contributed by atoms with Crippen molar-refractivity contribution in [2.45, 2.75) is 183 Å². The van der Waals surface area contributed by atoms with Crippen molar-refractivity contribution in [1.82, 2.24) is 89.4 Å². The largest absolute Gasteiger partial charge is 0.394 e. The number of rotatable bonds is 35. The Morgan fingerprint density at radius 1 is 0.636 bits per heavy atom. The van der Waals surface area contributed by atoms with E-state index in [1.807, 2.05) is 0 Å². The Bertz CT molecular complexity index is 3980. The molecule has 1 saturated heterocycles. The first-order valence-electron chi connectivity index (χ1n) is 35.7. The molecule has 0 radical (unpaired) electrons. The molecule has 0 bridgehead atoms. The van der Waals surface area contributed by atoms with Crippen LogP contribution in [0.15, 0.2) is 73.3 Å². The number of sulfone groups is 1. The summed E-state index contributed by atoms with van der Waals surface area (Å²) in [6, 6.07) is -2.90. The van der Waals surface area contributed by atoms with Crippen molar-refractivity contribution in [3.63, 3.8) is 0 Å². The van der Waals surface area contributed by atoms with Gasteiger partial charge in [-0.2, -0.15) is 0 Å². The maximum atomic E-state index is 14.9. The number of nitrogens with one attached hydrogen (secondary N) is 17. The zero-order valence-electron chi connectivity index (χ0n) is 61.3. The van der Waals surface area contributed by atoms with Crippen LogP contribution in [0.2, 0.25) is 0 Å². The number of fused-ring (bicyclic) bond motifs is 1. The number of imidazole rings is 1. The van der Waals surface area contributed by atoms with E-state index in [1.54, 1.807) is 67.7 Å². The number of hydrogen-bond acceptors (Lipinski definition) is 21. The van der Waals surface area contributed by atoms with E-state index in [2.05, 4.69) is 89.4 Å². The summed E-state index contributed by atoms with van der Waals surface area (Å²) in [5.74, 6) is -16.0. The van der Waals surface area contributed by atoms with Gasteiger partial charge in [0.25, 0.3) is 0 Å². The third kappa shape index (κ3) is 31.3. The SMILES string of the molecule is CCCC[C@H](NC(=O)[C@H](CO)NC(=O)[C@H](Cc1cnc[nH]1)NC(=O)[C@H](CCC(N)=O)NC(=O)[C@H](CO)NC(=O)CNC(C)=O)C(=O)N[C@H]1CCC(=O)NCCCC[C@@H](C(N)=O)NC(=O)[C@H](Cc2c[nH]c3ccccc23)NC(=O)[C@H](CCCNC(=N)N)NC(=O)[C@@H](Cc2ccccc2)NC(=O)[C@H](CCS(C)(=O)=O)NC1=O. The molecule has 11 atom stereocenters. The summed E-state index contributed by atoms with van der Waals surface area (Å²) < 4.78 is 25.8. The second-order valence-corrected chi connectivity index (χ2v) is 28.6. The zero-order valence-corrected chi connectivity index (χ0v) is 62.1.